The normalized spacial score (nSPS) is 21.2. The van der Waals surface area contributed by atoms with Crippen LogP contribution < -0.4 is 10.6 Å². The van der Waals surface area contributed by atoms with E-state index in [9.17, 15) is 20.0 Å². The lowest BCUT2D eigenvalue weighted by Gasteiger charge is -2.27. The second-order valence-corrected chi connectivity index (χ2v) is 5.28. The van der Waals surface area contributed by atoms with Crippen molar-refractivity contribution in [2.45, 2.75) is 38.1 Å². The molecule has 1 aliphatic rings. The molecule has 0 bridgehead atoms. The lowest BCUT2D eigenvalue weighted by Crippen LogP contribution is -2.50. The summed E-state index contributed by atoms with van der Waals surface area (Å²) in [5.41, 5.74) is -0.861. The van der Waals surface area contributed by atoms with Crippen molar-refractivity contribution in [2.24, 2.45) is 0 Å². The maximum atomic E-state index is 12.5. The van der Waals surface area contributed by atoms with Gasteiger partial charge in [0.15, 0.2) is 0 Å². The van der Waals surface area contributed by atoms with E-state index >= 15 is 0 Å². The van der Waals surface area contributed by atoms with Crippen LogP contribution in [0.1, 0.15) is 32.6 Å². The third-order valence-electron chi connectivity index (χ3n) is 3.78. The molecule has 0 saturated carbocycles. The molecule has 1 unspecified atom stereocenters. The van der Waals surface area contributed by atoms with Crippen molar-refractivity contribution in [2.75, 3.05) is 11.9 Å². The van der Waals surface area contributed by atoms with Gasteiger partial charge in [-0.1, -0.05) is 13.3 Å². The third-order valence-corrected chi connectivity index (χ3v) is 3.78. The van der Waals surface area contributed by atoms with Gasteiger partial charge in [0, 0.05) is 0 Å². The number of nitro benzene ring substituents is 1. The number of aromatic hydroxyl groups is 1. The largest absolute Gasteiger partial charge is 0.508 e. The Morgan fingerprint density at radius 2 is 2.33 bits per heavy atom. The van der Waals surface area contributed by atoms with E-state index in [0.717, 1.165) is 31.9 Å². The van der Waals surface area contributed by atoms with Crippen LogP contribution in [0, 0.1) is 10.1 Å². The number of phenolic OH excluding ortho intramolecular Hbond substituents is 1. The number of hydrogen-bond donors (Lipinski definition) is 3. The highest BCUT2D eigenvalue weighted by atomic mass is 16.6. The number of carbonyl (C=O) groups is 1. The quantitative estimate of drug-likeness (QED) is 0.438. The first kappa shape index (κ1) is 15.2. The summed E-state index contributed by atoms with van der Waals surface area (Å²) in [5, 5.41) is 26.2. The predicted octanol–water partition coefficient (Wildman–Crippen LogP) is 2.16. The SMILES string of the molecule is CCCC1(C(=O)Nc2ccc(O)cc2[N+](=O)[O-])CCCN1. The molecule has 0 spiro atoms. The fraction of sp³-hybridized carbons (Fsp3) is 0.500. The molecule has 1 fully saturated rings. The summed E-state index contributed by atoms with van der Waals surface area (Å²) in [5.74, 6) is -0.461. The molecule has 1 aromatic carbocycles. The summed E-state index contributed by atoms with van der Waals surface area (Å²) in [6.45, 7) is 2.77. The van der Waals surface area contributed by atoms with Crippen molar-refractivity contribution in [1.82, 2.24) is 5.32 Å². The molecule has 114 valence electrons. The van der Waals surface area contributed by atoms with Gasteiger partial charge in [-0.2, -0.15) is 0 Å². The summed E-state index contributed by atoms with van der Waals surface area (Å²) in [4.78, 5) is 22.9. The van der Waals surface area contributed by atoms with Crippen molar-refractivity contribution in [1.29, 1.82) is 0 Å². The highest BCUT2D eigenvalue weighted by Gasteiger charge is 2.40. The molecule has 7 nitrogen and oxygen atoms in total. The maximum absolute atomic E-state index is 12.5. The molecule has 1 atom stereocenters. The van der Waals surface area contributed by atoms with E-state index in [0.29, 0.717) is 6.42 Å². The van der Waals surface area contributed by atoms with Gasteiger partial charge in [-0.3, -0.25) is 14.9 Å². The molecule has 0 aliphatic carbocycles. The second kappa shape index (κ2) is 6.09. The smallest absolute Gasteiger partial charge is 0.296 e. The average Bonchev–Trinajstić information content (AvgIpc) is 2.91. The lowest BCUT2D eigenvalue weighted by atomic mass is 9.90. The lowest BCUT2D eigenvalue weighted by molar-refractivity contribution is -0.384. The van der Waals surface area contributed by atoms with Crippen LogP contribution in [0.25, 0.3) is 0 Å². The summed E-state index contributed by atoms with van der Waals surface area (Å²) in [7, 11) is 0. The van der Waals surface area contributed by atoms with Crippen molar-refractivity contribution in [3.63, 3.8) is 0 Å². The Labute approximate surface area is 122 Å². The van der Waals surface area contributed by atoms with Crippen LogP contribution in [0.3, 0.4) is 0 Å². The molecule has 1 aromatic rings. The van der Waals surface area contributed by atoms with Gasteiger partial charge in [0.1, 0.15) is 11.4 Å². The van der Waals surface area contributed by atoms with E-state index in [1.165, 1.54) is 12.1 Å². The van der Waals surface area contributed by atoms with Crippen molar-refractivity contribution in [3.8, 4) is 5.75 Å². The Hall–Kier alpha value is -2.15. The van der Waals surface area contributed by atoms with Crippen LogP contribution in [0.15, 0.2) is 18.2 Å². The minimum Gasteiger partial charge on any atom is -0.508 e. The molecule has 0 radical (unpaired) electrons. The highest BCUT2D eigenvalue weighted by molar-refractivity contribution is 6.00. The van der Waals surface area contributed by atoms with E-state index < -0.39 is 10.5 Å². The van der Waals surface area contributed by atoms with E-state index in [2.05, 4.69) is 10.6 Å². The van der Waals surface area contributed by atoms with E-state index in [1.54, 1.807) is 0 Å². The predicted molar refractivity (Wildman–Crippen MR) is 78.3 cm³/mol. The molecule has 1 amide bonds. The number of phenols is 1. The molecular weight excluding hydrogens is 274 g/mol. The molecular formula is C14H19N3O4. The number of hydrogen-bond acceptors (Lipinski definition) is 5. The number of anilines is 1. The third kappa shape index (κ3) is 3.13. The number of carbonyl (C=O) groups excluding carboxylic acids is 1. The Morgan fingerprint density at radius 3 is 2.90 bits per heavy atom. The average molecular weight is 293 g/mol. The van der Waals surface area contributed by atoms with Crippen LogP contribution in [-0.4, -0.2) is 28.0 Å². The zero-order chi connectivity index (χ0) is 15.5. The van der Waals surface area contributed by atoms with Gasteiger partial charge in [-0.05, 0) is 37.9 Å². The minimum atomic E-state index is -0.652. The van der Waals surface area contributed by atoms with Gasteiger partial charge in [-0.15, -0.1) is 0 Å². The fourth-order valence-electron chi connectivity index (χ4n) is 2.77. The van der Waals surface area contributed by atoms with E-state index in [1.807, 2.05) is 6.92 Å². The Bertz CT molecular complexity index is 553. The second-order valence-electron chi connectivity index (χ2n) is 5.28. The Morgan fingerprint density at radius 1 is 1.57 bits per heavy atom. The van der Waals surface area contributed by atoms with Crippen LogP contribution in [0.2, 0.25) is 0 Å². The first-order valence-electron chi connectivity index (χ1n) is 7.02. The molecule has 7 heteroatoms. The molecule has 0 aromatic heterocycles. The number of benzene rings is 1. The fourth-order valence-corrected chi connectivity index (χ4v) is 2.77. The molecule has 1 heterocycles. The molecule has 1 saturated heterocycles. The molecule has 1 aliphatic heterocycles. The zero-order valence-corrected chi connectivity index (χ0v) is 11.9. The van der Waals surface area contributed by atoms with Gasteiger partial charge in [0.05, 0.1) is 16.5 Å². The summed E-state index contributed by atoms with van der Waals surface area (Å²) in [6.07, 6.45) is 3.16. The minimum absolute atomic E-state index is 0.104. The number of nitro groups is 1. The zero-order valence-electron chi connectivity index (χ0n) is 11.9. The van der Waals surface area contributed by atoms with E-state index in [4.69, 9.17) is 0 Å². The first-order chi connectivity index (χ1) is 9.98. The first-order valence-corrected chi connectivity index (χ1v) is 7.02. The number of nitrogens with one attached hydrogen (secondary N) is 2. The van der Waals surface area contributed by atoms with Crippen LogP contribution in [0.4, 0.5) is 11.4 Å². The van der Waals surface area contributed by atoms with Crippen molar-refractivity contribution >= 4 is 17.3 Å². The summed E-state index contributed by atoms with van der Waals surface area (Å²) >= 11 is 0. The number of nitrogens with zero attached hydrogens (tertiary/aromatic N) is 1. The van der Waals surface area contributed by atoms with Gasteiger partial charge < -0.3 is 15.7 Å². The van der Waals surface area contributed by atoms with Gasteiger partial charge in [0.25, 0.3) is 5.69 Å². The van der Waals surface area contributed by atoms with Crippen LogP contribution in [-0.2, 0) is 4.79 Å². The van der Waals surface area contributed by atoms with Crippen molar-refractivity contribution < 1.29 is 14.8 Å². The summed E-state index contributed by atoms with van der Waals surface area (Å²) in [6, 6.07) is 3.70. The molecule has 2 rings (SSSR count). The monoisotopic (exact) mass is 293 g/mol. The summed E-state index contributed by atoms with van der Waals surface area (Å²) < 4.78 is 0. The van der Waals surface area contributed by atoms with Crippen LogP contribution in [0.5, 0.6) is 5.75 Å². The Balaban J connectivity index is 2.25. The van der Waals surface area contributed by atoms with Crippen molar-refractivity contribution in [3.05, 3.63) is 28.3 Å². The highest BCUT2D eigenvalue weighted by Crippen LogP contribution is 2.31. The van der Waals surface area contributed by atoms with Gasteiger partial charge >= 0.3 is 0 Å². The maximum Gasteiger partial charge on any atom is 0.296 e. The van der Waals surface area contributed by atoms with Gasteiger partial charge in [-0.25, -0.2) is 0 Å². The van der Waals surface area contributed by atoms with E-state index in [-0.39, 0.29) is 23.0 Å². The molecule has 3 N–H and O–H groups in total. The van der Waals surface area contributed by atoms with Crippen LogP contribution >= 0.6 is 0 Å². The standard InChI is InChI=1S/C14H19N3O4/c1-2-6-14(7-3-8-15-14)13(19)16-11-5-4-10(18)9-12(11)17(20)21/h4-5,9,15,18H,2-3,6-8H2,1H3,(H,16,19). The number of rotatable bonds is 5. The number of amides is 1. The topological polar surface area (TPSA) is 104 Å². The van der Waals surface area contributed by atoms with Gasteiger partial charge in [0.2, 0.25) is 5.91 Å². The molecule has 21 heavy (non-hydrogen) atoms. The Kier molecular flexibility index (Phi) is 4.42.